The lowest BCUT2D eigenvalue weighted by molar-refractivity contribution is -0.120. The molecular weight excluding hydrogens is 381 g/mol. The molecule has 0 radical (unpaired) electrons. The normalized spacial score (nSPS) is 14.6. The van der Waals surface area contributed by atoms with Crippen LogP contribution in [0, 0.1) is 18.7 Å². The van der Waals surface area contributed by atoms with E-state index in [4.69, 9.17) is 0 Å². The Morgan fingerprint density at radius 2 is 1.80 bits per heavy atom. The molecule has 0 aliphatic heterocycles. The van der Waals surface area contributed by atoms with Gasteiger partial charge in [0.15, 0.2) is 0 Å². The zero-order valence-electron chi connectivity index (χ0n) is 17.1. The van der Waals surface area contributed by atoms with E-state index in [2.05, 4.69) is 10.6 Å². The van der Waals surface area contributed by atoms with E-state index in [1.807, 2.05) is 41.8 Å². The molecule has 4 rings (SSSR count). The topological polar surface area (TPSA) is 63.1 Å². The maximum absolute atomic E-state index is 14.2. The van der Waals surface area contributed by atoms with Crippen molar-refractivity contribution in [1.29, 1.82) is 0 Å². The van der Waals surface area contributed by atoms with E-state index in [0.29, 0.717) is 5.69 Å². The molecule has 2 aromatic carbocycles. The number of hydrogen-bond acceptors (Lipinski definition) is 2. The lowest BCUT2D eigenvalue weighted by Gasteiger charge is -2.21. The summed E-state index contributed by atoms with van der Waals surface area (Å²) in [5.41, 5.74) is 2.54. The first-order valence-corrected chi connectivity index (χ1v) is 10.5. The lowest BCUT2D eigenvalue weighted by atomic mass is 9.88. The van der Waals surface area contributed by atoms with Crippen LogP contribution in [-0.2, 0) is 16.1 Å². The molecule has 3 aromatic rings. The number of amides is 2. The van der Waals surface area contributed by atoms with Crippen LogP contribution in [0.2, 0.25) is 0 Å². The Labute approximate surface area is 175 Å². The maximum Gasteiger partial charge on any atom is 0.244 e. The summed E-state index contributed by atoms with van der Waals surface area (Å²) >= 11 is 0. The molecule has 1 heterocycles. The fourth-order valence-electron chi connectivity index (χ4n) is 4.20. The average molecular weight is 407 g/mol. The highest BCUT2D eigenvalue weighted by molar-refractivity contribution is 5.95. The fraction of sp³-hybridized carbons (Fsp3) is 0.333. The molecule has 0 atom stereocenters. The van der Waals surface area contributed by atoms with Crippen LogP contribution < -0.4 is 10.6 Å². The summed E-state index contributed by atoms with van der Waals surface area (Å²) in [6, 6.07) is 14.2. The van der Waals surface area contributed by atoms with Crippen LogP contribution in [-0.4, -0.2) is 16.4 Å². The highest BCUT2D eigenvalue weighted by atomic mass is 19.1. The second-order valence-corrected chi connectivity index (χ2v) is 8.00. The molecule has 2 amide bonds. The summed E-state index contributed by atoms with van der Waals surface area (Å²) in [4.78, 5) is 25.1. The highest BCUT2D eigenvalue weighted by Gasteiger charge is 2.22. The number of aromatic nitrogens is 1. The van der Waals surface area contributed by atoms with Crippen molar-refractivity contribution in [2.75, 3.05) is 10.6 Å². The zero-order valence-corrected chi connectivity index (χ0v) is 17.1. The molecule has 0 bridgehead atoms. The lowest BCUT2D eigenvalue weighted by Crippen LogP contribution is -2.25. The minimum Gasteiger partial charge on any atom is -0.335 e. The van der Waals surface area contributed by atoms with Gasteiger partial charge in [0.1, 0.15) is 12.4 Å². The molecule has 0 saturated heterocycles. The first-order valence-electron chi connectivity index (χ1n) is 10.5. The standard InChI is InChI=1S/C24H26FN3O2/c1-16-13-18-9-5-6-10-22(18)28(16)15-23(29)26-19-11-12-20(25)21(14-19)27-24(30)17-7-3-2-4-8-17/h5-6,9-14,17H,2-4,7-8,15H2,1H3,(H,26,29)(H,27,30). The van der Waals surface area contributed by atoms with Crippen molar-refractivity contribution in [3.05, 3.63) is 60.0 Å². The van der Waals surface area contributed by atoms with Crippen LogP contribution in [0.15, 0.2) is 48.5 Å². The number of rotatable bonds is 5. The molecule has 0 spiro atoms. The van der Waals surface area contributed by atoms with E-state index in [1.165, 1.54) is 18.2 Å². The summed E-state index contributed by atoms with van der Waals surface area (Å²) < 4.78 is 16.2. The Bertz CT molecular complexity index is 1080. The third-order valence-electron chi connectivity index (χ3n) is 5.80. The Balaban J connectivity index is 1.45. The Kier molecular flexibility index (Phi) is 5.84. The number of nitrogens with one attached hydrogen (secondary N) is 2. The summed E-state index contributed by atoms with van der Waals surface area (Å²) in [6.07, 6.45) is 4.90. The predicted molar refractivity (Wildman–Crippen MR) is 117 cm³/mol. The summed E-state index contributed by atoms with van der Waals surface area (Å²) in [5, 5.41) is 6.60. The van der Waals surface area contributed by atoms with E-state index < -0.39 is 5.82 Å². The van der Waals surface area contributed by atoms with Crippen molar-refractivity contribution in [3.8, 4) is 0 Å². The first kappa shape index (κ1) is 20.1. The fourth-order valence-corrected chi connectivity index (χ4v) is 4.20. The van der Waals surface area contributed by atoms with E-state index in [9.17, 15) is 14.0 Å². The molecule has 1 saturated carbocycles. The van der Waals surface area contributed by atoms with Crippen LogP contribution in [0.3, 0.4) is 0 Å². The largest absolute Gasteiger partial charge is 0.335 e. The molecular formula is C24H26FN3O2. The number of anilines is 2. The van der Waals surface area contributed by atoms with Crippen molar-refractivity contribution in [2.24, 2.45) is 5.92 Å². The number of nitrogens with zero attached hydrogens (tertiary/aromatic N) is 1. The van der Waals surface area contributed by atoms with Gasteiger partial charge >= 0.3 is 0 Å². The molecule has 1 aliphatic rings. The summed E-state index contributed by atoms with van der Waals surface area (Å²) in [5.74, 6) is -0.937. The van der Waals surface area contributed by atoms with Gasteiger partial charge in [-0.3, -0.25) is 9.59 Å². The molecule has 5 nitrogen and oxygen atoms in total. The number of carbonyl (C=O) groups is 2. The van der Waals surface area contributed by atoms with Crippen LogP contribution in [0.1, 0.15) is 37.8 Å². The van der Waals surface area contributed by atoms with Crippen molar-refractivity contribution < 1.29 is 14.0 Å². The van der Waals surface area contributed by atoms with Crippen LogP contribution in [0.4, 0.5) is 15.8 Å². The smallest absolute Gasteiger partial charge is 0.244 e. The third kappa shape index (κ3) is 4.37. The number of carbonyl (C=O) groups excluding carboxylic acids is 2. The van der Waals surface area contributed by atoms with Gasteiger partial charge in [-0.15, -0.1) is 0 Å². The average Bonchev–Trinajstić information content (AvgIpc) is 3.06. The molecule has 1 fully saturated rings. The third-order valence-corrected chi connectivity index (χ3v) is 5.80. The molecule has 1 aliphatic carbocycles. The molecule has 0 unspecified atom stereocenters. The quantitative estimate of drug-likeness (QED) is 0.607. The van der Waals surface area contributed by atoms with Gasteiger partial charge in [-0.05, 0) is 55.5 Å². The van der Waals surface area contributed by atoms with Crippen LogP contribution in [0.5, 0.6) is 0 Å². The second-order valence-electron chi connectivity index (χ2n) is 8.00. The van der Waals surface area contributed by atoms with E-state index in [-0.39, 0.29) is 30.0 Å². The maximum atomic E-state index is 14.2. The number of hydrogen-bond donors (Lipinski definition) is 2. The molecule has 156 valence electrons. The number of halogens is 1. The Hall–Kier alpha value is -3.15. The molecule has 1 aromatic heterocycles. The molecule has 30 heavy (non-hydrogen) atoms. The number of fused-ring (bicyclic) bond motifs is 1. The van der Waals surface area contributed by atoms with Crippen LogP contribution in [0.25, 0.3) is 10.9 Å². The molecule has 6 heteroatoms. The van der Waals surface area contributed by atoms with Gasteiger partial charge in [0.2, 0.25) is 11.8 Å². The van der Waals surface area contributed by atoms with Gasteiger partial charge in [-0.25, -0.2) is 4.39 Å². The Morgan fingerprint density at radius 1 is 1.03 bits per heavy atom. The summed E-state index contributed by atoms with van der Waals surface area (Å²) in [7, 11) is 0. The van der Waals surface area contributed by atoms with Crippen molar-refractivity contribution in [1.82, 2.24) is 4.57 Å². The van der Waals surface area contributed by atoms with Crippen molar-refractivity contribution >= 4 is 34.1 Å². The van der Waals surface area contributed by atoms with E-state index in [1.54, 1.807) is 0 Å². The van der Waals surface area contributed by atoms with Gasteiger partial charge in [0, 0.05) is 22.8 Å². The highest BCUT2D eigenvalue weighted by Crippen LogP contribution is 2.27. The predicted octanol–water partition coefficient (Wildman–Crippen LogP) is 5.25. The van der Waals surface area contributed by atoms with Crippen molar-refractivity contribution in [3.63, 3.8) is 0 Å². The first-order chi connectivity index (χ1) is 14.5. The zero-order chi connectivity index (χ0) is 21.1. The number of aryl methyl sites for hydroxylation is 1. The minimum atomic E-state index is -0.510. The van der Waals surface area contributed by atoms with Gasteiger partial charge in [0.25, 0.3) is 0 Å². The van der Waals surface area contributed by atoms with Gasteiger partial charge in [-0.1, -0.05) is 37.5 Å². The van der Waals surface area contributed by atoms with E-state index in [0.717, 1.165) is 48.7 Å². The number of benzene rings is 2. The monoisotopic (exact) mass is 407 g/mol. The minimum absolute atomic E-state index is 0.0682. The van der Waals surface area contributed by atoms with Crippen molar-refractivity contribution in [2.45, 2.75) is 45.6 Å². The van der Waals surface area contributed by atoms with Gasteiger partial charge in [0.05, 0.1) is 5.69 Å². The van der Waals surface area contributed by atoms with E-state index >= 15 is 0 Å². The SMILES string of the molecule is Cc1cc2ccccc2n1CC(=O)Nc1ccc(F)c(NC(=O)C2CCCCC2)c1. The Morgan fingerprint density at radius 3 is 2.60 bits per heavy atom. The van der Waals surface area contributed by atoms with Gasteiger partial charge < -0.3 is 15.2 Å². The van der Waals surface area contributed by atoms with Crippen LogP contribution >= 0.6 is 0 Å². The second kappa shape index (κ2) is 8.69. The summed E-state index contributed by atoms with van der Waals surface area (Å²) in [6.45, 7) is 2.12. The number of para-hydroxylation sites is 1. The van der Waals surface area contributed by atoms with Gasteiger partial charge in [-0.2, -0.15) is 0 Å². The molecule has 2 N–H and O–H groups in total.